The Morgan fingerprint density at radius 1 is 1.42 bits per heavy atom. The Hall–Kier alpha value is -1.92. The third-order valence-electron chi connectivity index (χ3n) is 4.50. The number of anilines is 1. The van der Waals surface area contributed by atoms with Gasteiger partial charge in [-0.25, -0.2) is 4.39 Å². The van der Waals surface area contributed by atoms with Gasteiger partial charge in [0.1, 0.15) is 17.9 Å². The van der Waals surface area contributed by atoms with Crippen LogP contribution >= 0.6 is 0 Å². The van der Waals surface area contributed by atoms with Gasteiger partial charge in [-0.2, -0.15) is 0 Å². The van der Waals surface area contributed by atoms with Crippen molar-refractivity contribution in [2.45, 2.75) is 43.9 Å². The third-order valence-corrected chi connectivity index (χ3v) is 4.50. The van der Waals surface area contributed by atoms with E-state index in [9.17, 15) is 4.79 Å². The molecule has 3 rings (SSSR count). The fourth-order valence-electron chi connectivity index (χ4n) is 3.36. The summed E-state index contributed by atoms with van der Waals surface area (Å²) in [5, 5.41) is 0. The molecule has 2 aliphatic heterocycles. The summed E-state index contributed by atoms with van der Waals surface area (Å²) in [5.41, 5.74) is -1.41. The monoisotopic (exact) mass is 335 g/mol. The van der Waals surface area contributed by atoms with Crippen LogP contribution in [0, 0.1) is 0 Å². The number of hydrogen-bond donors (Lipinski definition) is 0. The van der Waals surface area contributed by atoms with Crippen LogP contribution in [0.1, 0.15) is 20.3 Å². The van der Waals surface area contributed by atoms with Crippen molar-refractivity contribution in [1.82, 2.24) is 0 Å². The minimum atomic E-state index is -2.02. The van der Waals surface area contributed by atoms with E-state index in [1.807, 2.05) is 0 Å². The van der Waals surface area contributed by atoms with Crippen molar-refractivity contribution in [3.63, 3.8) is 0 Å². The number of halogens is 1. The molecule has 3 atom stereocenters. The Bertz CT molecular complexity index is 645. The summed E-state index contributed by atoms with van der Waals surface area (Å²) in [6.07, 6.45) is 0.838. The molecule has 1 aromatic carbocycles. The van der Waals surface area contributed by atoms with Crippen molar-refractivity contribution in [3.05, 3.63) is 36.9 Å². The SMILES string of the molecule is C=CC[C@]1(F)C(=O)N(c2ccc(OC)cc2)[C@H]1[C@H]1COC(C)(C)O1. The van der Waals surface area contributed by atoms with E-state index in [-0.39, 0.29) is 13.0 Å². The second kappa shape index (κ2) is 5.86. The Morgan fingerprint density at radius 2 is 2.08 bits per heavy atom. The summed E-state index contributed by atoms with van der Waals surface area (Å²) in [5.74, 6) is -0.697. The number of carbonyl (C=O) groups excluding carboxylic acids is 1. The van der Waals surface area contributed by atoms with Crippen molar-refractivity contribution >= 4 is 11.6 Å². The van der Waals surface area contributed by atoms with Gasteiger partial charge < -0.3 is 14.2 Å². The normalized spacial score (nSPS) is 31.7. The van der Waals surface area contributed by atoms with Gasteiger partial charge in [0.25, 0.3) is 5.91 Å². The molecule has 0 aliphatic carbocycles. The van der Waals surface area contributed by atoms with Crippen molar-refractivity contribution in [3.8, 4) is 5.75 Å². The Labute approximate surface area is 141 Å². The Balaban J connectivity index is 1.92. The lowest BCUT2D eigenvalue weighted by Gasteiger charge is -2.52. The maximum absolute atomic E-state index is 15.3. The number of methoxy groups -OCH3 is 1. The fraction of sp³-hybridized carbons (Fsp3) is 0.500. The van der Waals surface area contributed by atoms with Gasteiger partial charge >= 0.3 is 0 Å². The standard InChI is InChI=1S/C18H22FNO4/c1-5-10-18(19)15(14-11-23-17(2,3)24-14)20(16(18)21)12-6-8-13(22-4)9-7-12/h5-9,14-15H,1,10-11H2,2-4H3/t14-,15+,18-/m1/s1. The highest BCUT2D eigenvalue weighted by Crippen LogP contribution is 2.46. The minimum Gasteiger partial charge on any atom is -0.497 e. The number of hydrogen-bond acceptors (Lipinski definition) is 4. The maximum Gasteiger partial charge on any atom is 0.267 e. The molecule has 0 unspecified atom stereocenters. The molecule has 0 spiro atoms. The second-order valence-electron chi connectivity index (χ2n) is 6.54. The molecule has 5 nitrogen and oxygen atoms in total. The Kier molecular flexibility index (Phi) is 4.13. The van der Waals surface area contributed by atoms with Crippen LogP contribution in [-0.4, -0.2) is 43.2 Å². The predicted octanol–water partition coefficient (Wildman–Crippen LogP) is 2.85. The van der Waals surface area contributed by atoms with Crippen LogP contribution in [0.5, 0.6) is 5.75 Å². The smallest absolute Gasteiger partial charge is 0.267 e. The zero-order chi connectivity index (χ0) is 17.5. The van der Waals surface area contributed by atoms with E-state index in [0.29, 0.717) is 11.4 Å². The van der Waals surface area contributed by atoms with E-state index < -0.39 is 29.5 Å². The van der Waals surface area contributed by atoms with Crippen LogP contribution in [0.15, 0.2) is 36.9 Å². The number of nitrogens with zero attached hydrogens (tertiary/aromatic N) is 1. The summed E-state index contributed by atoms with van der Waals surface area (Å²) >= 11 is 0. The molecule has 0 aromatic heterocycles. The van der Waals surface area contributed by atoms with Gasteiger partial charge in [0.15, 0.2) is 5.79 Å². The highest BCUT2D eigenvalue weighted by molar-refractivity contribution is 6.08. The molecule has 6 heteroatoms. The zero-order valence-electron chi connectivity index (χ0n) is 14.1. The number of benzene rings is 1. The first kappa shape index (κ1) is 16.9. The summed E-state index contributed by atoms with van der Waals surface area (Å²) < 4.78 is 31.8. The molecular formula is C18H22FNO4. The van der Waals surface area contributed by atoms with Gasteiger partial charge in [-0.05, 0) is 38.1 Å². The third kappa shape index (κ3) is 2.59. The van der Waals surface area contributed by atoms with Crippen LogP contribution < -0.4 is 9.64 Å². The quantitative estimate of drug-likeness (QED) is 0.613. The number of alkyl halides is 1. The van der Waals surface area contributed by atoms with E-state index in [4.69, 9.17) is 14.2 Å². The van der Waals surface area contributed by atoms with Gasteiger partial charge in [-0.3, -0.25) is 9.69 Å². The number of rotatable bonds is 5. The number of ether oxygens (including phenoxy) is 3. The molecular weight excluding hydrogens is 313 g/mol. The number of carbonyl (C=O) groups is 1. The van der Waals surface area contributed by atoms with Gasteiger partial charge in [0.2, 0.25) is 5.67 Å². The molecule has 2 aliphatic rings. The first-order chi connectivity index (χ1) is 11.3. The molecule has 2 saturated heterocycles. The first-order valence-corrected chi connectivity index (χ1v) is 7.92. The zero-order valence-corrected chi connectivity index (χ0v) is 14.1. The van der Waals surface area contributed by atoms with E-state index >= 15 is 4.39 Å². The Morgan fingerprint density at radius 3 is 2.58 bits per heavy atom. The minimum absolute atomic E-state index is 0.0521. The molecule has 0 saturated carbocycles. The second-order valence-corrected chi connectivity index (χ2v) is 6.54. The fourth-order valence-corrected chi connectivity index (χ4v) is 3.36. The van der Waals surface area contributed by atoms with Crippen molar-refractivity contribution in [1.29, 1.82) is 0 Å². The number of amides is 1. The molecule has 0 radical (unpaired) electrons. The lowest BCUT2D eigenvalue weighted by Crippen LogP contribution is -2.76. The van der Waals surface area contributed by atoms with Crippen LogP contribution in [0.4, 0.5) is 10.1 Å². The van der Waals surface area contributed by atoms with Crippen LogP contribution in [0.25, 0.3) is 0 Å². The highest BCUT2D eigenvalue weighted by Gasteiger charge is 2.66. The topological polar surface area (TPSA) is 48.0 Å². The van der Waals surface area contributed by atoms with E-state index in [1.54, 1.807) is 45.2 Å². The number of β-lactam (4-membered cyclic amide) rings is 1. The summed E-state index contributed by atoms with van der Waals surface area (Å²) in [6.45, 7) is 7.36. The van der Waals surface area contributed by atoms with Gasteiger partial charge in [-0.1, -0.05) is 6.08 Å². The molecule has 1 amide bonds. The molecule has 130 valence electrons. The summed E-state index contributed by atoms with van der Waals surface area (Å²) in [7, 11) is 1.56. The molecule has 0 bridgehead atoms. The first-order valence-electron chi connectivity index (χ1n) is 7.92. The number of allylic oxidation sites excluding steroid dienone is 1. The van der Waals surface area contributed by atoms with Crippen LogP contribution in [-0.2, 0) is 14.3 Å². The van der Waals surface area contributed by atoms with Crippen LogP contribution in [0.3, 0.4) is 0 Å². The van der Waals surface area contributed by atoms with E-state index in [2.05, 4.69) is 6.58 Å². The van der Waals surface area contributed by atoms with Gasteiger partial charge in [0.05, 0.1) is 13.7 Å². The average molecular weight is 335 g/mol. The summed E-state index contributed by atoms with van der Waals surface area (Å²) in [4.78, 5) is 14.0. The molecule has 0 N–H and O–H groups in total. The van der Waals surface area contributed by atoms with E-state index in [0.717, 1.165) is 0 Å². The predicted molar refractivity (Wildman–Crippen MR) is 87.8 cm³/mol. The molecule has 2 fully saturated rings. The van der Waals surface area contributed by atoms with E-state index in [1.165, 1.54) is 11.0 Å². The highest BCUT2D eigenvalue weighted by atomic mass is 19.1. The van der Waals surface area contributed by atoms with Crippen molar-refractivity contribution < 1.29 is 23.4 Å². The average Bonchev–Trinajstić information content (AvgIpc) is 2.91. The van der Waals surface area contributed by atoms with Gasteiger partial charge in [0, 0.05) is 12.1 Å². The molecule has 24 heavy (non-hydrogen) atoms. The maximum atomic E-state index is 15.3. The van der Waals surface area contributed by atoms with Crippen molar-refractivity contribution in [2.75, 3.05) is 18.6 Å². The largest absolute Gasteiger partial charge is 0.497 e. The lowest BCUT2D eigenvalue weighted by molar-refractivity contribution is -0.163. The lowest BCUT2D eigenvalue weighted by atomic mass is 9.77. The molecule has 2 heterocycles. The van der Waals surface area contributed by atoms with Gasteiger partial charge in [-0.15, -0.1) is 6.58 Å². The van der Waals surface area contributed by atoms with Crippen molar-refractivity contribution in [2.24, 2.45) is 0 Å². The van der Waals surface area contributed by atoms with Crippen LogP contribution in [0.2, 0.25) is 0 Å². The summed E-state index contributed by atoms with van der Waals surface area (Å²) in [6, 6.07) is 6.19. The molecule has 1 aromatic rings.